The Morgan fingerprint density at radius 1 is 1.53 bits per heavy atom. The molecule has 1 aromatic rings. The summed E-state index contributed by atoms with van der Waals surface area (Å²) in [6.45, 7) is 1.79. The predicted molar refractivity (Wildman–Crippen MR) is 62.6 cm³/mol. The van der Waals surface area contributed by atoms with Crippen LogP contribution in [0.25, 0.3) is 0 Å². The van der Waals surface area contributed by atoms with Crippen LogP contribution in [0.1, 0.15) is 11.3 Å². The lowest BCUT2D eigenvalue weighted by molar-refractivity contribution is -0.124. The van der Waals surface area contributed by atoms with Crippen LogP contribution in [0.5, 0.6) is 0 Å². The van der Waals surface area contributed by atoms with Gasteiger partial charge in [-0.2, -0.15) is 5.10 Å². The zero-order valence-electron chi connectivity index (χ0n) is 9.48. The van der Waals surface area contributed by atoms with Crippen molar-refractivity contribution in [3.05, 3.63) is 17.5 Å². The van der Waals surface area contributed by atoms with E-state index in [-0.39, 0.29) is 19.0 Å². The van der Waals surface area contributed by atoms with Crippen LogP contribution < -0.4 is 16.4 Å². The van der Waals surface area contributed by atoms with E-state index in [1.165, 1.54) is 0 Å². The first-order valence-electron chi connectivity index (χ1n) is 4.84. The Hall–Kier alpha value is -1.60. The van der Waals surface area contributed by atoms with Crippen LogP contribution in [-0.2, 0) is 17.4 Å². The summed E-state index contributed by atoms with van der Waals surface area (Å²) in [7, 11) is 1.75. The van der Waals surface area contributed by atoms with Gasteiger partial charge >= 0.3 is 6.03 Å². The van der Waals surface area contributed by atoms with Crippen LogP contribution in [-0.4, -0.2) is 28.3 Å². The van der Waals surface area contributed by atoms with Gasteiger partial charge in [-0.3, -0.25) is 14.8 Å². The SMILES string of the molecule is Cc1cn(C)nc1C1(CN)NC(=O)NC1=O.Cl. The topological polar surface area (TPSA) is 102 Å². The van der Waals surface area contributed by atoms with E-state index in [1.54, 1.807) is 17.9 Å². The molecule has 17 heavy (non-hydrogen) atoms. The summed E-state index contributed by atoms with van der Waals surface area (Å²) in [6.07, 6.45) is 1.77. The van der Waals surface area contributed by atoms with Crippen molar-refractivity contribution in [3.8, 4) is 0 Å². The number of imide groups is 1. The lowest BCUT2D eigenvalue weighted by Crippen LogP contribution is -2.50. The normalized spacial score (nSPS) is 23.0. The Balaban J connectivity index is 0.00000144. The molecule has 0 aliphatic carbocycles. The van der Waals surface area contributed by atoms with E-state index in [2.05, 4.69) is 15.7 Å². The lowest BCUT2D eigenvalue weighted by Gasteiger charge is -2.22. The predicted octanol–water partition coefficient (Wildman–Crippen LogP) is -0.856. The lowest BCUT2D eigenvalue weighted by atomic mass is 9.93. The summed E-state index contributed by atoms with van der Waals surface area (Å²) in [6, 6.07) is -0.541. The molecule has 0 bridgehead atoms. The van der Waals surface area contributed by atoms with Gasteiger partial charge in [-0.15, -0.1) is 12.4 Å². The average Bonchev–Trinajstić information content (AvgIpc) is 2.67. The van der Waals surface area contributed by atoms with Crippen molar-refractivity contribution in [1.82, 2.24) is 20.4 Å². The van der Waals surface area contributed by atoms with Crippen molar-refractivity contribution in [2.24, 2.45) is 12.8 Å². The Labute approximate surface area is 104 Å². The van der Waals surface area contributed by atoms with Crippen molar-refractivity contribution >= 4 is 24.3 Å². The molecular formula is C9H14ClN5O2. The molecule has 0 spiro atoms. The van der Waals surface area contributed by atoms with Gasteiger partial charge in [-0.25, -0.2) is 4.79 Å². The highest BCUT2D eigenvalue weighted by molar-refractivity contribution is 6.07. The minimum absolute atomic E-state index is 0. The number of nitrogens with one attached hydrogen (secondary N) is 2. The Morgan fingerprint density at radius 3 is 2.53 bits per heavy atom. The van der Waals surface area contributed by atoms with Crippen LogP contribution in [0.4, 0.5) is 4.79 Å². The molecule has 1 aromatic heterocycles. The van der Waals surface area contributed by atoms with Gasteiger partial charge in [0.25, 0.3) is 5.91 Å². The number of hydrogen-bond donors (Lipinski definition) is 3. The molecule has 94 valence electrons. The summed E-state index contributed by atoms with van der Waals surface area (Å²) in [5, 5.41) is 8.89. The number of aromatic nitrogens is 2. The number of carbonyl (C=O) groups is 2. The Bertz CT molecular complexity index is 472. The zero-order chi connectivity index (χ0) is 11.9. The van der Waals surface area contributed by atoms with Crippen molar-refractivity contribution in [2.45, 2.75) is 12.5 Å². The molecule has 1 fully saturated rings. The van der Waals surface area contributed by atoms with Crippen molar-refractivity contribution in [3.63, 3.8) is 0 Å². The van der Waals surface area contributed by atoms with Gasteiger partial charge in [-0.1, -0.05) is 0 Å². The first-order valence-corrected chi connectivity index (χ1v) is 4.84. The molecule has 1 aliphatic rings. The second kappa shape index (κ2) is 4.34. The molecule has 0 saturated carbocycles. The first kappa shape index (κ1) is 13.5. The third kappa shape index (κ3) is 1.87. The molecule has 1 aliphatic heterocycles. The maximum Gasteiger partial charge on any atom is 0.322 e. The van der Waals surface area contributed by atoms with E-state index in [0.29, 0.717) is 5.69 Å². The highest BCUT2D eigenvalue weighted by Gasteiger charge is 2.49. The molecular weight excluding hydrogens is 246 g/mol. The molecule has 1 atom stereocenters. The fourth-order valence-corrected chi connectivity index (χ4v) is 1.93. The molecule has 3 amide bonds. The maximum absolute atomic E-state index is 11.8. The van der Waals surface area contributed by atoms with Crippen LogP contribution in [0.3, 0.4) is 0 Å². The molecule has 7 nitrogen and oxygen atoms in total. The average molecular weight is 260 g/mol. The number of carbonyl (C=O) groups excluding carboxylic acids is 2. The minimum Gasteiger partial charge on any atom is -0.327 e. The van der Waals surface area contributed by atoms with Gasteiger partial charge < -0.3 is 11.1 Å². The number of amides is 3. The summed E-state index contributed by atoms with van der Waals surface area (Å²) in [5.74, 6) is -0.457. The Kier molecular flexibility index (Phi) is 3.44. The van der Waals surface area contributed by atoms with Crippen molar-refractivity contribution in [1.29, 1.82) is 0 Å². The number of aryl methyl sites for hydroxylation is 2. The van der Waals surface area contributed by atoms with Gasteiger partial charge in [0.15, 0.2) is 5.54 Å². The van der Waals surface area contributed by atoms with Gasteiger partial charge in [0.05, 0.1) is 0 Å². The van der Waals surface area contributed by atoms with Crippen LogP contribution >= 0.6 is 12.4 Å². The standard InChI is InChI=1S/C9H13N5O2.ClH/c1-5-3-14(2)13-6(5)9(4-10)7(15)11-8(16)12-9;/h3H,4,10H2,1-2H3,(H2,11,12,15,16);1H. The fourth-order valence-electron chi connectivity index (χ4n) is 1.93. The minimum atomic E-state index is -1.23. The molecule has 0 radical (unpaired) electrons. The van der Waals surface area contributed by atoms with Crippen LogP contribution in [0, 0.1) is 6.92 Å². The molecule has 0 aromatic carbocycles. The van der Waals surface area contributed by atoms with Crippen molar-refractivity contribution in [2.75, 3.05) is 6.54 Å². The second-order valence-electron chi connectivity index (χ2n) is 3.85. The Morgan fingerprint density at radius 2 is 2.18 bits per heavy atom. The number of hydrogen-bond acceptors (Lipinski definition) is 4. The van der Waals surface area contributed by atoms with Gasteiger partial charge in [0, 0.05) is 19.8 Å². The largest absolute Gasteiger partial charge is 0.327 e. The van der Waals surface area contributed by atoms with E-state index >= 15 is 0 Å². The second-order valence-corrected chi connectivity index (χ2v) is 3.85. The van der Waals surface area contributed by atoms with Crippen LogP contribution in [0.15, 0.2) is 6.20 Å². The summed E-state index contributed by atoms with van der Waals surface area (Å²) < 4.78 is 1.58. The molecule has 1 unspecified atom stereocenters. The third-order valence-electron chi connectivity index (χ3n) is 2.66. The number of nitrogens with zero attached hydrogens (tertiary/aromatic N) is 2. The summed E-state index contributed by atoms with van der Waals surface area (Å²) in [5.41, 5.74) is 5.67. The third-order valence-corrected chi connectivity index (χ3v) is 2.66. The number of rotatable bonds is 2. The fraction of sp³-hybridized carbons (Fsp3) is 0.444. The van der Waals surface area contributed by atoms with Gasteiger partial charge in [0.2, 0.25) is 0 Å². The van der Waals surface area contributed by atoms with E-state index in [1.807, 2.05) is 6.92 Å². The quantitative estimate of drug-likeness (QED) is 0.602. The molecule has 8 heteroatoms. The number of urea groups is 1. The number of halogens is 1. The highest BCUT2D eigenvalue weighted by atomic mass is 35.5. The van der Waals surface area contributed by atoms with Crippen molar-refractivity contribution < 1.29 is 9.59 Å². The first-order chi connectivity index (χ1) is 7.49. The molecule has 2 heterocycles. The molecule has 4 N–H and O–H groups in total. The van der Waals surface area contributed by atoms with E-state index in [9.17, 15) is 9.59 Å². The zero-order valence-corrected chi connectivity index (χ0v) is 10.3. The molecule has 1 saturated heterocycles. The summed E-state index contributed by atoms with van der Waals surface area (Å²) >= 11 is 0. The summed E-state index contributed by atoms with van der Waals surface area (Å²) in [4.78, 5) is 23.0. The highest BCUT2D eigenvalue weighted by Crippen LogP contribution is 2.24. The number of nitrogens with two attached hydrogens (primary N) is 1. The monoisotopic (exact) mass is 259 g/mol. The van der Waals surface area contributed by atoms with Crippen LogP contribution in [0.2, 0.25) is 0 Å². The van der Waals surface area contributed by atoms with Gasteiger partial charge in [-0.05, 0) is 12.5 Å². The van der Waals surface area contributed by atoms with E-state index < -0.39 is 17.5 Å². The van der Waals surface area contributed by atoms with E-state index in [0.717, 1.165) is 5.56 Å². The smallest absolute Gasteiger partial charge is 0.322 e. The maximum atomic E-state index is 11.8. The van der Waals surface area contributed by atoms with E-state index in [4.69, 9.17) is 5.73 Å². The molecule has 2 rings (SSSR count). The van der Waals surface area contributed by atoms with Gasteiger partial charge in [0.1, 0.15) is 5.69 Å².